The van der Waals surface area contributed by atoms with Gasteiger partial charge in [0.05, 0.1) is 12.8 Å². The molecule has 0 spiro atoms. The SMILES string of the molecule is COc1ccc(Nc2cccc(-c3ccccc3)n2)cc1. The van der Waals surface area contributed by atoms with Crippen molar-refractivity contribution in [2.24, 2.45) is 0 Å². The Kier molecular flexibility index (Phi) is 3.83. The predicted octanol–water partition coefficient (Wildman–Crippen LogP) is 4.50. The molecular formula is C18H16N2O. The minimum Gasteiger partial charge on any atom is -0.497 e. The van der Waals surface area contributed by atoms with E-state index in [1.54, 1.807) is 7.11 Å². The number of methoxy groups -OCH3 is 1. The maximum atomic E-state index is 5.15. The quantitative estimate of drug-likeness (QED) is 0.761. The number of hydrogen-bond donors (Lipinski definition) is 1. The Balaban J connectivity index is 1.83. The van der Waals surface area contributed by atoms with E-state index in [0.717, 1.165) is 28.5 Å². The highest BCUT2D eigenvalue weighted by Crippen LogP contribution is 2.22. The van der Waals surface area contributed by atoms with Gasteiger partial charge in [0.1, 0.15) is 11.6 Å². The third kappa shape index (κ3) is 3.20. The molecule has 0 saturated heterocycles. The van der Waals surface area contributed by atoms with Gasteiger partial charge in [-0.3, -0.25) is 0 Å². The number of nitrogens with zero attached hydrogens (tertiary/aromatic N) is 1. The molecule has 0 bridgehead atoms. The van der Waals surface area contributed by atoms with Crippen LogP contribution in [0.2, 0.25) is 0 Å². The van der Waals surface area contributed by atoms with Crippen LogP contribution in [-0.4, -0.2) is 12.1 Å². The van der Waals surface area contributed by atoms with Gasteiger partial charge >= 0.3 is 0 Å². The third-order valence-corrected chi connectivity index (χ3v) is 3.18. The van der Waals surface area contributed by atoms with E-state index in [-0.39, 0.29) is 0 Å². The Morgan fingerprint density at radius 2 is 1.57 bits per heavy atom. The van der Waals surface area contributed by atoms with Crippen LogP contribution < -0.4 is 10.1 Å². The van der Waals surface area contributed by atoms with Crippen LogP contribution in [0, 0.1) is 0 Å². The Labute approximate surface area is 124 Å². The Bertz CT molecular complexity index is 709. The van der Waals surface area contributed by atoms with Crippen molar-refractivity contribution in [2.75, 3.05) is 12.4 Å². The van der Waals surface area contributed by atoms with Crippen LogP contribution in [0.15, 0.2) is 72.8 Å². The van der Waals surface area contributed by atoms with E-state index in [9.17, 15) is 0 Å². The molecule has 0 saturated carbocycles. The number of anilines is 2. The number of benzene rings is 2. The molecule has 0 radical (unpaired) electrons. The van der Waals surface area contributed by atoms with E-state index in [4.69, 9.17) is 4.74 Å². The second-order valence-electron chi connectivity index (χ2n) is 4.63. The molecule has 0 aliphatic carbocycles. The van der Waals surface area contributed by atoms with Crippen molar-refractivity contribution in [1.29, 1.82) is 0 Å². The molecule has 1 heterocycles. The van der Waals surface area contributed by atoms with Crippen LogP contribution in [0.5, 0.6) is 5.75 Å². The Morgan fingerprint density at radius 1 is 0.810 bits per heavy atom. The summed E-state index contributed by atoms with van der Waals surface area (Å²) in [6.45, 7) is 0. The zero-order valence-corrected chi connectivity index (χ0v) is 11.8. The van der Waals surface area contributed by atoms with Crippen LogP contribution in [0.1, 0.15) is 0 Å². The van der Waals surface area contributed by atoms with Crippen molar-refractivity contribution >= 4 is 11.5 Å². The lowest BCUT2D eigenvalue weighted by atomic mass is 10.1. The van der Waals surface area contributed by atoms with Crippen molar-refractivity contribution in [3.8, 4) is 17.0 Å². The van der Waals surface area contributed by atoms with Crippen LogP contribution in [0.3, 0.4) is 0 Å². The van der Waals surface area contributed by atoms with Crippen LogP contribution in [0.25, 0.3) is 11.3 Å². The maximum absolute atomic E-state index is 5.15. The summed E-state index contributed by atoms with van der Waals surface area (Å²) in [6.07, 6.45) is 0. The Morgan fingerprint density at radius 3 is 2.29 bits per heavy atom. The minimum atomic E-state index is 0.821. The highest BCUT2D eigenvalue weighted by molar-refractivity contribution is 5.64. The molecule has 104 valence electrons. The average Bonchev–Trinajstić information content (AvgIpc) is 2.57. The third-order valence-electron chi connectivity index (χ3n) is 3.18. The fourth-order valence-electron chi connectivity index (χ4n) is 2.10. The first-order valence-corrected chi connectivity index (χ1v) is 6.79. The summed E-state index contributed by atoms with van der Waals surface area (Å²) in [5.41, 5.74) is 3.04. The van der Waals surface area contributed by atoms with Gasteiger partial charge < -0.3 is 10.1 Å². The fraction of sp³-hybridized carbons (Fsp3) is 0.0556. The van der Waals surface area contributed by atoms with Gasteiger partial charge in [0, 0.05) is 11.3 Å². The summed E-state index contributed by atoms with van der Waals surface area (Å²) in [6, 6.07) is 23.9. The smallest absolute Gasteiger partial charge is 0.131 e. The van der Waals surface area contributed by atoms with E-state index >= 15 is 0 Å². The molecule has 1 aromatic heterocycles. The molecule has 3 nitrogen and oxygen atoms in total. The number of ether oxygens (including phenoxy) is 1. The first kappa shape index (κ1) is 13.2. The van der Waals surface area contributed by atoms with Crippen LogP contribution >= 0.6 is 0 Å². The lowest BCUT2D eigenvalue weighted by molar-refractivity contribution is 0.415. The minimum absolute atomic E-state index is 0.821. The molecule has 3 aromatic rings. The van der Waals surface area contributed by atoms with Crippen molar-refractivity contribution in [3.63, 3.8) is 0 Å². The predicted molar refractivity (Wildman–Crippen MR) is 85.9 cm³/mol. The number of hydrogen-bond acceptors (Lipinski definition) is 3. The second-order valence-corrected chi connectivity index (χ2v) is 4.63. The number of pyridine rings is 1. The van der Waals surface area contributed by atoms with Crippen molar-refractivity contribution in [1.82, 2.24) is 4.98 Å². The zero-order valence-electron chi connectivity index (χ0n) is 11.8. The van der Waals surface area contributed by atoms with Gasteiger partial charge in [0.25, 0.3) is 0 Å². The maximum Gasteiger partial charge on any atom is 0.131 e. The second kappa shape index (κ2) is 6.09. The van der Waals surface area contributed by atoms with Crippen molar-refractivity contribution in [2.45, 2.75) is 0 Å². The molecule has 3 rings (SSSR count). The molecule has 2 aromatic carbocycles. The van der Waals surface area contributed by atoms with Crippen LogP contribution in [-0.2, 0) is 0 Å². The van der Waals surface area contributed by atoms with Gasteiger partial charge in [-0.05, 0) is 36.4 Å². The number of aromatic nitrogens is 1. The van der Waals surface area contributed by atoms with Gasteiger partial charge in [-0.25, -0.2) is 4.98 Å². The standard InChI is InChI=1S/C18H16N2O/c1-21-16-12-10-15(11-13-16)19-18-9-5-8-17(20-18)14-6-3-2-4-7-14/h2-13H,1H3,(H,19,20). The molecular weight excluding hydrogens is 260 g/mol. The summed E-state index contributed by atoms with van der Waals surface area (Å²) >= 11 is 0. The normalized spacial score (nSPS) is 10.1. The summed E-state index contributed by atoms with van der Waals surface area (Å²) in [5, 5.41) is 3.30. The summed E-state index contributed by atoms with van der Waals surface area (Å²) < 4.78 is 5.15. The molecule has 3 heteroatoms. The molecule has 0 fully saturated rings. The van der Waals surface area contributed by atoms with Crippen molar-refractivity contribution in [3.05, 3.63) is 72.8 Å². The van der Waals surface area contributed by atoms with Crippen LogP contribution in [0.4, 0.5) is 11.5 Å². The van der Waals surface area contributed by atoms with Gasteiger partial charge in [0.2, 0.25) is 0 Å². The number of nitrogens with one attached hydrogen (secondary N) is 1. The summed E-state index contributed by atoms with van der Waals surface area (Å²) in [5.74, 6) is 1.66. The van der Waals surface area contributed by atoms with Gasteiger partial charge in [-0.1, -0.05) is 36.4 Å². The molecule has 0 atom stereocenters. The molecule has 0 aliphatic rings. The summed E-state index contributed by atoms with van der Waals surface area (Å²) in [4.78, 5) is 4.64. The van der Waals surface area contributed by atoms with Gasteiger partial charge in [0.15, 0.2) is 0 Å². The highest BCUT2D eigenvalue weighted by Gasteiger charge is 2.01. The summed E-state index contributed by atoms with van der Waals surface area (Å²) in [7, 11) is 1.66. The molecule has 0 aliphatic heterocycles. The van der Waals surface area contributed by atoms with Gasteiger partial charge in [-0.2, -0.15) is 0 Å². The largest absolute Gasteiger partial charge is 0.497 e. The van der Waals surface area contributed by atoms with E-state index in [1.807, 2.05) is 60.7 Å². The van der Waals surface area contributed by atoms with Crippen molar-refractivity contribution < 1.29 is 4.74 Å². The lowest BCUT2D eigenvalue weighted by Gasteiger charge is -2.08. The molecule has 0 amide bonds. The average molecular weight is 276 g/mol. The highest BCUT2D eigenvalue weighted by atomic mass is 16.5. The molecule has 0 unspecified atom stereocenters. The van der Waals surface area contributed by atoms with E-state index in [2.05, 4.69) is 22.4 Å². The fourth-order valence-corrected chi connectivity index (χ4v) is 2.10. The van der Waals surface area contributed by atoms with E-state index in [1.165, 1.54) is 0 Å². The zero-order chi connectivity index (χ0) is 14.5. The first-order chi connectivity index (χ1) is 10.3. The Hall–Kier alpha value is -2.81. The molecule has 1 N–H and O–H groups in total. The number of rotatable bonds is 4. The molecule has 21 heavy (non-hydrogen) atoms. The van der Waals surface area contributed by atoms with E-state index in [0.29, 0.717) is 0 Å². The van der Waals surface area contributed by atoms with E-state index < -0.39 is 0 Å². The van der Waals surface area contributed by atoms with Gasteiger partial charge in [-0.15, -0.1) is 0 Å². The monoisotopic (exact) mass is 276 g/mol. The first-order valence-electron chi connectivity index (χ1n) is 6.79. The topological polar surface area (TPSA) is 34.1 Å². The lowest BCUT2D eigenvalue weighted by Crippen LogP contribution is -1.94.